The molecule has 1 aliphatic rings. The van der Waals surface area contributed by atoms with Gasteiger partial charge in [-0.25, -0.2) is 9.78 Å². The number of aryl methyl sites for hydroxylation is 4. The number of aromatic nitrogens is 2. The minimum absolute atomic E-state index is 0.0453. The monoisotopic (exact) mass is 481 g/mol. The average Bonchev–Trinajstić information content (AvgIpc) is 3.18. The molecule has 1 saturated heterocycles. The lowest BCUT2D eigenvalue weighted by atomic mass is 9.90. The van der Waals surface area contributed by atoms with E-state index in [0.29, 0.717) is 12.5 Å². The van der Waals surface area contributed by atoms with Crippen LogP contribution in [0.15, 0.2) is 60.8 Å². The molecule has 0 atom stereocenters. The third kappa shape index (κ3) is 4.81. The molecule has 0 spiro atoms. The van der Waals surface area contributed by atoms with Crippen LogP contribution in [0.4, 0.5) is 16.2 Å². The molecule has 3 heterocycles. The first-order valence-corrected chi connectivity index (χ1v) is 12.8. The Kier molecular flexibility index (Phi) is 6.68. The van der Waals surface area contributed by atoms with Crippen molar-refractivity contribution in [1.29, 1.82) is 0 Å². The predicted molar refractivity (Wildman–Crippen MR) is 147 cm³/mol. The average molecular weight is 482 g/mol. The molecule has 0 unspecified atom stereocenters. The number of imidazole rings is 1. The van der Waals surface area contributed by atoms with Crippen LogP contribution in [0.25, 0.3) is 5.65 Å². The number of fused-ring (bicyclic) bond motifs is 1. The van der Waals surface area contributed by atoms with Crippen molar-refractivity contribution in [2.45, 2.75) is 53.0 Å². The topological polar surface area (TPSA) is 61.7 Å². The normalized spacial score (nSPS) is 14.3. The summed E-state index contributed by atoms with van der Waals surface area (Å²) >= 11 is 0. The molecule has 6 heteroatoms. The number of anilines is 2. The second-order valence-corrected chi connectivity index (χ2v) is 9.94. The molecule has 5 rings (SSSR count). The molecule has 0 bridgehead atoms. The number of hydrogen-bond donors (Lipinski definition) is 2. The van der Waals surface area contributed by atoms with Crippen molar-refractivity contribution in [2.75, 3.05) is 23.7 Å². The summed E-state index contributed by atoms with van der Waals surface area (Å²) in [5, 5.41) is 6.75. The van der Waals surface area contributed by atoms with Crippen LogP contribution in [0.5, 0.6) is 0 Å². The number of rotatable bonds is 5. The molecule has 2 aromatic carbocycles. The van der Waals surface area contributed by atoms with E-state index in [1.54, 1.807) is 0 Å². The molecule has 6 nitrogen and oxygen atoms in total. The van der Waals surface area contributed by atoms with Crippen LogP contribution in [0, 0.1) is 27.7 Å². The first-order chi connectivity index (χ1) is 17.4. The number of benzene rings is 2. The van der Waals surface area contributed by atoms with Crippen molar-refractivity contribution in [3.63, 3.8) is 0 Å². The van der Waals surface area contributed by atoms with Crippen LogP contribution >= 0.6 is 0 Å². The number of pyridine rings is 1. The fourth-order valence-corrected chi connectivity index (χ4v) is 5.22. The molecule has 186 valence electrons. The molecule has 1 aliphatic heterocycles. The van der Waals surface area contributed by atoms with E-state index in [1.165, 1.54) is 22.3 Å². The van der Waals surface area contributed by atoms with Crippen LogP contribution in [0.1, 0.15) is 52.4 Å². The Labute approximate surface area is 213 Å². The lowest BCUT2D eigenvalue weighted by Gasteiger charge is -2.32. The van der Waals surface area contributed by atoms with Crippen LogP contribution < -0.4 is 10.6 Å². The molecule has 2 amide bonds. The van der Waals surface area contributed by atoms with Gasteiger partial charge in [-0.15, -0.1) is 0 Å². The fourth-order valence-electron chi connectivity index (χ4n) is 5.22. The van der Waals surface area contributed by atoms with E-state index in [0.717, 1.165) is 54.3 Å². The third-order valence-electron chi connectivity index (χ3n) is 7.60. The lowest BCUT2D eigenvalue weighted by Crippen LogP contribution is -2.40. The van der Waals surface area contributed by atoms with Gasteiger partial charge in [-0.2, -0.15) is 0 Å². The number of amides is 2. The minimum atomic E-state index is -0.0453. The summed E-state index contributed by atoms with van der Waals surface area (Å²) in [6, 6.07) is 19.0. The molecule has 1 fully saturated rings. The number of piperidine rings is 1. The molecular formula is C30H35N5O. The van der Waals surface area contributed by atoms with Gasteiger partial charge >= 0.3 is 6.03 Å². The van der Waals surface area contributed by atoms with E-state index in [-0.39, 0.29) is 6.03 Å². The smallest absolute Gasteiger partial charge is 0.321 e. The maximum atomic E-state index is 13.2. The molecule has 0 saturated carbocycles. The Morgan fingerprint density at radius 3 is 2.36 bits per heavy atom. The summed E-state index contributed by atoms with van der Waals surface area (Å²) in [5.74, 6) is 0.517. The summed E-state index contributed by atoms with van der Waals surface area (Å²) in [7, 11) is 0. The predicted octanol–water partition coefficient (Wildman–Crippen LogP) is 6.59. The highest BCUT2D eigenvalue weighted by Gasteiger charge is 2.24. The number of urea groups is 1. The zero-order valence-electron chi connectivity index (χ0n) is 21.6. The largest absolute Gasteiger partial charge is 0.378 e. The zero-order chi connectivity index (χ0) is 25.2. The molecular weight excluding hydrogens is 446 g/mol. The van der Waals surface area contributed by atoms with E-state index in [9.17, 15) is 4.79 Å². The van der Waals surface area contributed by atoms with Crippen molar-refractivity contribution in [2.24, 2.45) is 0 Å². The van der Waals surface area contributed by atoms with Gasteiger partial charge in [0.1, 0.15) is 0 Å². The molecule has 0 radical (unpaired) electrons. The summed E-state index contributed by atoms with van der Waals surface area (Å²) in [6.07, 6.45) is 3.95. The maximum Gasteiger partial charge on any atom is 0.321 e. The Hall–Kier alpha value is -3.80. The van der Waals surface area contributed by atoms with E-state index < -0.39 is 0 Å². The highest BCUT2D eigenvalue weighted by atomic mass is 16.2. The van der Waals surface area contributed by atoms with Gasteiger partial charge in [-0.1, -0.05) is 48.5 Å². The highest BCUT2D eigenvalue weighted by Crippen LogP contribution is 2.29. The number of nitrogens with zero attached hydrogens (tertiary/aromatic N) is 3. The highest BCUT2D eigenvalue weighted by molar-refractivity contribution is 5.91. The number of likely N-dealkylation sites (tertiary alicyclic amines) is 1. The Morgan fingerprint density at radius 2 is 1.67 bits per heavy atom. The van der Waals surface area contributed by atoms with Gasteiger partial charge in [0.2, 0.25) is 0 Å². The second kappa shape index (κ2) is 10.1. The first-order valence-electron chi connectivity index (χ1n) is 12.8. The summed E-state index contributed by atoms with van der Waals surface area (Å²) < 4.78 is 2.07. The number of nitrogens with one attached hydrogen (secondary N) is 2. The maximum absolute atomic E-state index is 13.2. The molecule has 0 aliphatic carbocycles. The Bertz CT molecular complexity index is 1360. The summed E-state index contributed by atoms with van der Waals surface area (Å²) in [5.41, 5.74) is 9.78. The van der Waals surface area contributed by atoms with Gasteiger partial charge in [-0.3, -0.25) is 0 Å². The van der Waals surface area contributed by atoms with Gasteiger partial charge < -0.3 is 19.9 Å². The number of carbonyl (C=O) groups excluding carboxylic acids is 1. The van der Waals surface area contributed by atoms with Crippen molar-refractivity contribution >= 4 is 23.1 Å². The van der Waals surface area contributed by atoms with E-state index >= 15 is 0 Å². The molecule has 4 aromatic rings. The van der Waals surface area contributed by atoms with Crippen LogP contribution in [0.3, 0.4) is 0 Å². The van der Waals surface area contributed by atoms with Gasteiger partial charge in [0.15, 0.2) is 5.65 Å². The van der Waals surface area contributed by atoms with Crippen molar-refractivity contribution < 1.29 is 4.79 Å². The summed E-state index contributed by atoms with van der Waals surface area (Å²) in [6.45, 7) is 10.6. The van der Waals surface area contributed by atoms with Crippen molar-refractivity contribution in [3.05, 3.63) is 94.4 Å². The zero-order valence-corrected chi connectivity index (χ0v) is 21.6. The van der Waals surface area contributed by atoms with E-state index in [1.807, 2.05) is 24.1 Å². The van der Waals surface area contributed by atoms with Gasteiger partial charge in [0.25, 0.3) is 0 Å². The quantitative estimate of drug-likeness (QED) is 0.338. The molecule has 2 aromatic heterocycles. The lowest BCUT2D eigenvalue weighted by molar-refractivity contribution is 0.194. The van der Waals surface area contributed by atoms with Crippen LogP contribution in [0.2, 0.25) is 0 Å². The number of carbonyl (C=O) groups is 1. The van der Waals surface area contributed by atoms with Gasteiger partial charge in [-0.05, 0) is 74.8 Å². The minimum Gasteiger partial charge on any atom is -0.378 e. The van der Waals surface area contributed by atoms with Crippen molar-refractivity contribution in [1.82, 2.24) is 14.3 Å². The van der Waals surface area contributed by atoms with Crippen molar-refractivity contribution in [3.8, 4) is 0 Å². The van der Waals surface area contributed by atoms with Crippen LogP contribution in [-0.2, 0) is 6.54 Å². The summed E-state index contributed by atoms with van der Waals surface area (Å²) in [4.78, 5) is 19.9. The third-order valence-corrected chi connectivity index (χ3v) is 7.60. The van der Waals surface area contributed by atoms with E-state index in [2.05, 4.69) is 84.3 Å². The fraction of sp³-hybridized carbons (Fsp3) is 0.333. The Balaban J connectivity index is 1.33. The molecule has 36 heavy (non-hydrogen) atoms. The van der Waals surface area contributed by atoms with Gasteiger partial charge in [0, 0.05) is 31.5 Å². The Morgan fingerprint density at radius 1 is 0.972 bits per heavy atom. The number of hydrogen-bond acceptors (Lipinski definition) is 3. The van der Waals surface area contributed by atoms with Gasteiger partial charge in [0.05, 0.1) is 17.1 Å². The standard InChI is InChI=1S/C30H35N5O/c1-20-9-8-10-21(2)27(20)18-31-28-17-26(19-35-23(4)22(3)32-29(28)35)33-30(36)34-15-13-25(14-16-34)24-11-6-5-7-12-24/h5-12,17,19,25,31H,13-16,18H2,1-4H3,(H,33,36). The molecule has 2 N–H and O–H groups in total. The van der Waals surface area contributed by atoms with E-state index in [4.69, 9.17) is 4.98 Å². The SMILES string of the molecule is Cc1cccc(C)c1CNc1cc(NC(=O)N2CCC(c3ccccc3)CC2)cn2c(C)c(C)nc12. The van der Waals surface area contributed by atoms with Crippen LogP contribution in [-0.4, -0.2) is 33.4 Å². The second-order valence-electron chi connectivity index (χ2n) is 9.94. The first kappa shape index (κ1) is 23.9.